The normalized spacial score (nSPS) is 31.4. The number of fused-ring (bicyclic) bond motifs is 8. The molecule has 0 unspecified atom stereocenters. The van der Waals surface area contributed by atoms with Crippen molar-refractivity contribution in [2.45, 2.75) is 18.7 Å². The van der Waals surface area contributed by atoms with E-state index in [1.54, 1.807) is 12.1 Å². The number of halogens is 3. The Balaban J connectivity index is 1.33. The Labute approximate surface area is 190 Å². The van der Waals surface area contributed by atoms with Gasteiger partial charge in [-0.05, 0) is 30.5 Å². The summed E-state index contributed by atoms with van der Waals surface area (Å²) in [6, 6.07) is 10.2. The fourth-order valence-corrected chi connectivity index (χ4v) is 6.22. The van der Waals surface area contributed by atoms with Gasteiger partial charge in [-0.25, -0.2) is 0 Å². The van der Waals surface area contributed by atoms with Crippen molar-refractivity contribution in [1.82, 2.24) is 0 Å². The number of imide groups is 1. The largest absolute Gasteiger partial charge is 0.416 e. The van der Waals surface area contributed by atoms with E-state index in [0.717, 1.165) is 17.0 Å². The maximum Gasteiger partial charge on any atom is 0.416 e. The van der Waals surface area contributed by atoms with Crippen molar-refractivity contribution in [3.63, 3.8) is 0 Å². The molecule has 0 aromatic heterocycles. The summed E-state index contributed by atoms with van der Waals surface area (Å²) in [5.74, 6) is -3.36. The van der Waals surface area contributed by atoms with Crippen LogP contribution in [0.3, 0.4) is 0 Å². The third kappa shape index (κ3) is 2.75. The van der Waals surface area contributed by atoms with Crippen LogP contribution in [0.5, 0.6) is 0 Å². The van der Waals surface area contributed by atoms with E-state index in [1.807, 2.05) is 0 Å². The van der Waals surface area contributed by atoms with E-state index in [2.05, 4.69) is 5.16 Å². The Bertz CT molecular complexity index is 1290. The molecule has 4 aliphatic rings. The van der Waals surface area contributed by atoms with Crippen LogP contribution in [0.15, 0.2) is 53.7 Å². The van der Waals surface area contributed by atoms with Gasteiger partial charge in [-0.1, -0.05) is 23.4 Å². The standard InChI is InChI=1S/C23H16F3N3O5/c24-23(25,26)11-4-2-5-12(8-11)28-21(30)16-14-9-15(17(16)22(28)31)20-18(14)19(27-34-20)10-3-1-6-13(7-10)29(32)33/h1-8,14-18,20H,9H2/t14-,15-,16-,17-,18-,20-/m1/s1. The molecule has 2 aromatic rings. The summed E-state index contributed by atoms with van der Waals surface area (Å²) in [6.45, 7) is 0. The number of carbonyl (C=O) groups excluding carboxylic acids is 2. The van der Waals surface area contributed by atoms with Gasteiger partial charge in [-0.15, -0.1) is 0 Å². The topological polar surface area (TPSA) is 102 Å². The molecule has 11 heteroatoms. The van der Waals surface area contributed by atoms with Gasteiger partial charge < -0.3 is 4.84 Å². The van der Waals surface area contributed by atoms with Gasteiger partial charge in [0, 0.05) is 29.5 Å². The second kappa shape index (κ2) is 6.87. The molecule has 2 amide bonds. The van der Waals surface area contributed by atoms with Crippen LogP contribution in [0, 0.1) is 39.7 Å². The number of anilines is 1. The van der Waals surface area contributed by atoms with E-state index in [4.69, 9.17) is 4.84 Å². The molecule has 34 heavy (non-hydrogen) atoms. The molecule has 2 aliphatic heterocycles. The average Bonchev–Trinajstić information content (AvgIpc) is 3.53. The molecule has 0 N–H and O–H groups in total. The third-order valence-electron chi connectivity index (χ3n) is 7.47. The number of hydrogen-bond donors (Lipinski definition) is 0. The number of nitro groups is 1. The van der Waals surface area contributed by atoms with Crippen LogP contribution >= 0.6 is 0 Å². The second-order valence-corrected chi connectivity index (χ2v) is 9.05. The van der Waals surface area contributed by atoms with Gasteiger partial charge in [0.2, 0.25) is 11.8 Å². The molecule has 0 spiro atoms. The number of hydrogen-bond acceptors (Lipinski definition) is 6. The summed E-state index contributed by atoms with van der Waals surface area (Å²) in [5, 5.41) is 15.3. The predicted molar refractivity (Wildman–Crippen MR) is 111 cm³/mol. The minimum absolute atomic E-state index is 0.0997. The van der Waals surface area contributed by atoms with Crippen LogP contribution in [0.2, 0.25) is 0 Å². The number of rotatable bonds is 3. The number of benzene rings is 2. The minimum atomic E-state index is -4.61. The SMILES string of the molecule is O=C1[C@@H]2[C@H]3C[C@@H]([C@H]4ON=C(c5cccc([N+](=O)[O-])c5)[C@@H]34)[C@H]2C(=O)N1c1cccc(C(F)(F)F)c1. The van der Waals surface area contributed by atoms with Crippen LogP contribution in [-0.2, 0) is 20.6 Å². The van der Waals surface area contributed by atoms with E-state index < -0.39 is 46.4 Å². The lowest BCUT2D eigenvalue weighted by atomic mass is 9.71. The van der Waals surface area contributed by atoms with Gasteiger partial charge in [-0.3, -0.25) is 24.6 Å². The van der Waals surface area contributed by atoms with Crippen molar-refractivity contribution in [2.24, 2.45) is 34.7 Å². The van der Waals surface area contributed by atoms with E-state index in [0.29, 0.717) is 17.7 Å². The fraction of sp³-hybridized carbons (Fsp3) is 0.348. The zero-order valence-corrected chi connectivity index (χ0v) is 17.3. The van der Waals surface area contributed by atoms with Crippen LogP contribution in [0.4, 0.5) is 24.5 Å². The van der Waals surface area contributed by atoms with E-state index in [9.17, 15) is 32.9 Å². The fourth-order valence-electron chi connectivity index (χ4n) is 6.22. The van der Waals surface area contributed by atoms with Gasteiger partial charge in [0.1, 0.15) is 6.10 Å². The van der Waals surface area contributed by atoms with Crippen molar-refractivity contribution >= 4 is 28.9 Å². The molecule has 1 saturated heterocycles. The van der Waals surface area contributed by atoms with Crippen molar-refractivity contribution in [3.05, 3.63) is 69.8 Å². The summed E-state index contributed by atoms with van der Waals surface area (Å²) < 4.78 is 39.6. The predicted octanol–water partition coefficient (Wildman–Crippen LogP) is 3.79. The maximum atomic E-state index is 13.4. The summed E-state index contributed by atoms with van der Waals surface area (Å²) in [5.41, 5.74) is -0.134. The molecule has 3 fully saturated rings. The lowest BCUT2D eigenvalue weighted by molar-refractivity contribution is -0.384. The number of amides is 2. The highest BCUT2D eigenvalue weighted by atomic mass is 19.4. The number of nitrogens with zero attached hydrogens (tertiary/aromatic N) is 3. The van der Waals surface area contributed by atoms with Gasteiger partial charge in [0.25, 0.3) is 5.69 Å². The maximum absolute atomic E-state index is 13.4. The Morgan fingerprint density at radius 3 is 2.41 bits per heavy atom. The quantitative estimate of drug-likeness (QED) is 0.385. The molecule has 174 valence electrons. The van der Waals surface area contributed by atoms with Crippen molar-refractivity contribution in [3.8, 4) is 0 Å². The van der Waals surface area contributed by atoms with Crippen LogP contribution < -0.4 is 4.90 Å². The van der Waals surface area contributed by atoms with E-state index in [-0.39, 0.29) is 29.1 Å². The zero-order chi connectivity index (χ0) is 23.9. The number of alkyl halides is 3. The van der Waals surface area contributed by atoms with E-state index >= 15 is 0 Å². The zero-order valence-electron chi connectivity index (χ0n) is 17.3. The first-order valence-corrected chi connectivity index (χ1v) is 10.7. The van der Waals surface area contributed by atoms with Crippen molar-refractivity contribution in [2.75, 3.05) is 4.90 Å². The summed E-state index contributed by atoms with van der Waals surface area (Å²) >= 11 is 0. The molecular weight excluding hydrogens is 455 g/mol. The number of nitro benzene ring substituents is 1. The first kappa shape index (κ1) is 20.8. The lowest BCUT2D eigenvalue weighted by Gasteiger charge is -2.29. The third-order valence-corrected chi connectivity index (χ3v) is 7.47. The monoisotopic (exact) mass is 471 g/mol. The molecule has 6 atom stereocenters. The van der Waals surface area contributed by atoms with Crippen LogP contribution in [-0.4, -0.2) is 28.6 Å². The smallest absolute Gasteiger partial charge is 0.391 e. The van der Waals surface area contributed by atoms with Gasteiger partial charge in [0.15, 0.2) is 0 Å². The molecule has 0 radical (unpaired) electrons. The minimum Gasteiger partial charge on any atom is -0.391 e. The first-order valence-electron chi connectivity index (χ1n) is 10.7. The van der Waals surface area contributed by atoms with Crippen LogP contribution in [0.25, 0.3) is 0 Å². The van der Waals surface area contributed by atoms with Gasteiger partial charge in [0.05, 0.1) is 33.7 Å². The summed E-state index contributed by atoms with van der Waals surface area (Å²) in [4.78, 5) is 43.8. The molecule has 2 heterocycles. The molecular formula is C23H16F3N3O5. The Morgan fingerprint density at radius 2 is 1.71 bits per heavy atom. The Morgan fingerprint density at radius 1 is 1.00 bits per heavy atom. The molecule has 8 nitrogen and oxygen atoms in total. The van der Waals surface area contributed by atoms with Crippen molar-refractivity contribution < 1.29 is 32.5 Å². The lowest BCUT2D eigenvalue weighted by Crippen LogP contribution is -2.41. The Kier molecular flexibility index (Phi) is 4.21. The molecule has 6 rings (SSSR count). The number of oxime groups is 1. The highest BCUT2D eigenvalue weighted by Gasteiger charge is 2.70. The molecule has 2 saturated carbocycles. The summed E-state index contributed by atoms with van der Waals surface area (Å²) in [7, 11) is 0. The molecule has 2 aliphatic carbocycles. The van der Waals surface area contributed by atoms with Crippen molar-refractivity contribution in [1.29, 1.82) is 0 Å². The first-order chi connectivity index (χ1) is 16.2. The van der Waals surface area contributed by atoms with Gasteiger partial charge >= 0.3 is 6.18 Å². The number of non-ortho nitro benzene ring substituents is 1. The Hall–Kier alpha value is -3.76. The van der Waals surface area contributed by atoms with E-state index in [1.165, 1.54) is 24.3 Å². The average molecular weight is 471 g/mol. The van der Waals surface area contributed by atoms with Crippen LogP contribution in [0.1, 0.15) is 17.5 Å². The highest BCUT2D eigenvalue weighted by molar-refractivity contribution is 6.23. The number of carbonyl (C=O) groups is 2. The second-order valence-electron chi connectivity index (χ2n) is 9.05. The molecule has 2 aromatic carbocycles. The van der Waals surface area contributed by atoms with Gasteiger partial charge in [-0.2, -0.15) is 13.2 Å². The summed E-state index contributed by atoms with van der Waals surface area (Å²) in [6.07, 6.45) is -4.52. The highest BCUT2D eigenvalue weighted by Crippen LogP contribution is 2.62. The molecule has 2 bridgehead atoms.